The van der Waals surface area contributed by atoms with Crippen molar-refractivity contribution in [2.45, 2.75) is 24.7 Å². The third-order valence-corrected chi connectivity index (χ3v) is 14.5. The highest BCUT2D eigenvalue weighted by Gasteiger charge is 2.51. The van der Waals surface area contributed by atoms with Crippen LogP contribution in [0.2, 0.25) is 0 Å². The zero-order valence-corrected chi connectivity index (χ0v) is 35.2. The molecule has 3 aliphatic rings. The Labute approximate surface area is 381 Å². The van der Waals surface area contributed by atoms with Crippen molar-refractivity contribution < 1.29 is 8.22 Å². The van der Waals surface area contributed by atoms with Crippen LogP contribution < -0.4 is 4.90 Å². The zero-order valence-electron chi connectivity index (χ0n) is 41.2. The Balaban J connectivity index is 1.12. The third-order valence-electron chi connectivity index (χ3n) is 14.5. The van der Waals surface area contributed by atoms with Crippen molar-refractivity contribution in [3.63, 3.8) is 0 Å². The SMILES string of the molecule is [2H]c1c([2H])c2c3c(c([2H])c([2H])c([2H])c3c1[2H])C1(c3ccccc3-c3c(N(c4ccc5c(c4)C(C)(C)c4ccccc4-5)c4ccc5c6ccccc6n(-c6ccccc6)c5c4)cccc31)c1ccccc1-2. The number of para-hydroxylation sites is 2. The first-order valence-corrected chi connectivity index (χ1v) is 22.0. The largest absolute Gasteiger partial charge is 0.310 e. The molecule has 0 bridgehead atoms. The summed E-state index contributed by atoms with van der Waals surface area (Å²) in [4.78, 5) is 2.39. The molecule has 3 aliphatic carbocycles. The molecule has 0 N–H and O–H groups in total. The van der Waals surface area contributed by atoms with E-state index in [0.717, 1.165) is 72.5 Å². The van der Waals surface area contributed by atoms with Gasteiger partial charge >= 0.3 is 0 Å². The summed E-state index contributed by atoms with van der Waals surface area (Å²) in [5, 5.41) is 2.87. The Morgan fingerprint density at radius 2 is 1.05 bits per heavy atom. The molecule has 0 saturated carbocycles. The van der Waals surface area contributed by atoms with Crippen molar-refractivity contribution in [2.24, 2.45) is 0 Å². The lowest BCUT2D eigenvalue weighted by molar-refractivity contribution is 0.660. The summed E-state index contributed by atoms with van der Waals surface area (Å²) >= 11 is 0. The summed E-state index contributed by atoms with van der Waals surface area (Å²) in [5.41, 5.74) is 15.9. The second-order valence-corrected chi connectivity index (χ2v) is 17.9. The fraction of sp³-hybridized carbons (Fsp3) is 0.0645. The van der Waals surface area contributed by atoms with Crippen molar-refractivity contribution >= 4 is 49.6 Å². The first kappa shape index (κ1) is 30.2. The van der Waals surface area contributed by atoms with Gasteiger partial charge in [-0.15, -0.1) is 0 Å². The van der Waals surface area contributed by atoms with Gasteiger partial charge < -0.3 is 9.47 Å². The van der Waals surface area contributed by atoms with Gasteiger partial charge in [0.25, 0.3) is 0 Å². The topological polar surface area (TPSA) is 8.17 Å². The van der Waals surface area contributed by atoms with E-state index in [1.54, 1.807) is 0 Å². The van der Waals surface area contributed by atoms with Gasteiger partial charge in [-0.1, -0.05) is 184 Å². The summed E-state index contributed by atoms with van der Waals surface area (Å²) < 4.78 is 58.6. The van der Waals surface area contributed by atoms with Crippen LogP contribution in [-0.4, -0.2) is 4.57 Å². The standard InChI is InChI=1S/C62H42N2/c1-61(2)50-26-10-6-21-43(50)45-35-33-41(37-55(45)61)63(42-34-36-47-46-23-9-13-31-56(46)64(58(47)38-42)40-19-4-3-5-20-40)57-32-16-30-54-60(57)49-24-8-12-28-52(49)62(54)51-27-11-7-22-44(51)48-25-14-17-39-18-15-29-53(62)59(39)48/h3-38H,1-2H3/i14D,15D,17D,18D,25D,29D. The van der Waals surface area contributed by atoms with Crippen LogP contribution in [-0.2, 0) is 10.8 Å². The van der Waals surface area contributed by atoms with Gasteiger partial charge in [0.05, 0.1) is 30.4 Å². The monoisotopic (exact) mass is 820 g/mol. The molecule has 1 unspecified atom stereocenters. The molecule has 0 saturated heterocycles. The van der Waals surface area contributed by atoms with Gasteiger partial charge in [0.2, 0.25) is 0 Å². The molecule has 1 atom stereocenters. The quantitative estimate of drug-likeness (QED) is 0.172. The van der Waals surface area contributed by atoms with Gasteiger partial charge in [0.15, 0.2) is 0 Å². The van der Waals surface area contributed by atoms with Gasteiger partial charge in [-0.2, -0.15) is 0 Å². The molecule has 300 valence electrons. The van der Waals surface area contributed by atoms with Gasteiger partial charge in [-0.3, -0.25) is 0 Å². The van der Waals surface area contributed by atoms with E-state index in [2.05, 4.69) is 175 Å². The zero-order chi connectivity index (χ0) is 47.5. The van der Waals surface area contributed by atoms with E-state index in [1.165, 1.54) is 27.6 Å². The van der Waals surface area contributed by atoms with Crippen LogP contribution in [0.15, 0.2) is 218 Å². The smallest absolute Gasteiger partial charge is 0.0726 e. The summed E-state index contributed by atoms with van der Waals surface area (Å²) in [6.07, 6.45) is 0. The fourth-order valence-corrected chi connectivity index (χ4v) is 11.9. The van der Waals surface area contributed by atoms with E-state index in [-0.39, 0.29) is 47.1 Å². The highest BCUT2D eigenvalue weighted by Crippen LogP contribution is 2.64. The minimum absolute atomic E-state index is 0.116. The Morgan fingerprint density at radius 1 is 0.438 bits per heavy atom. The predicted octanol–water partition coefficient (Wildman–Crippen LogP) is 16.1. The van der Waals surface area contributed by atoms with Crippen LogP contribution >= 0.6 is 0 Å². The highest BCUT2D eigenvalue weighted by atomic mass is 15.1. The van der Waals surface area contributed by atoms with E-state index in [1.807, 2.05) is 30.3 Å². The molecule has 1 heterocycles. The second kappa shape index (κ2) is 12.8. The van der Waals surface area contributed by atoms with Crippen LogP contribution in [0.4, 0.5) is 17.1 Å². The van der Waals surface area contributed by atoms with E-state index >= 15 is 0 Å². The number of nitrogens with zero attached hydrogens (tertiary/aromatic N) is 2. The summed E-state index contributed by atoms with van der Waals surface area (Å²) in [5.74, 6) is 0. The maximum Gasteiger partial charge on any atom is 0.0726 e. The molecule has 11 aromatic rings. The minimum atomic E-state index is -1.19. The van der Waals surface area contributed by atoms with E-state index in [9.17, 15) is 6.85 Å². The average Bonchev–Trinajstić information content (AvgIpc) is 3.97. The molecule has 0 aliphatic heterocycles. The van der Waals surface area contributed by atoms with Crippen LogP contribution in [0.3, 0.4) is 0 Å². The van der Waals surface area contributed by atoms with Crippen molar-refractivity contribution in [2.75, 3.05) is 4.90 Å². The molecule has 2 nitrogen and oxygen atoms in total. The van der Waals surface area contributed by atoms with Gasteiger partial charge in [0.1, 0.15) is 0 Å². The number of anilines is 3. The lowest BCUT2D eigenvalue weighted by Crippen LogP contribution is -2.31. The van der Waals surface area contributed by atoms with Crippen molar-refractivity contribution in [3.8, 4) is 39.1 Å². The van der Waals surface area contributed by atoms with Crippen LogP contribution in [0, 0.1) is 0 Å². The number of benzene rings is 10. The Morgan fingerprint density at radius 3 is 1.88 bits per heavy atom. The maximum atomic E-state index is 9.95. The van der Waals surface area contributed by atoms with E-state index < -0.39 is 5.41 Å². The summed E-state index contributed by atoms with van der Waals surface area (Å²) in [6, 6.07) is 62.9. The Bertz CT molecular complexity index is 4130. The van der Waals surface area contributed by atoms with E-state index in [4.69, 9.17) is 1.37 Å². The molecule has 0 amide bonds. The lowest BCUT2D eigenvalue weighted by atomic mass is 9.61. The molecule has 1 spiro atoms. The third kappa shape index (κ3) is 4.49. The fourth-order valence-electron chi connectivity index (χ4n) is 11.9. The molecule has 1 aromatic heterocycles. The Hall–Kier alpha value is -7.94. The summed E-state index contributed by atoms with van der Waals surface area (Å²) in [7, 11) is 0. The molecule has 14 rings (SSSR count). The van der Waals surface area contributed by atoms with Gasteiger partial charge in [0, 0.05) is 38.8 Å². The second-order valence-electron chi connectivity index (χ2n) is 17.9. The average molecular weight is 821 g/mol. The molecule has 0 fully saturated rings. The number of fused-ring (bicyclic) bond motifs is 15. The molecule has 10 aromatic carbocycles. The normalized spacial score (nSPS) is 17.2. The maximum absolute atomic E-state index is 9.95. The number of rotatable bonds is 4. The van der Waals surface area contributed by atoms with Crippen molar-refractivity contribution in [1.82, 2.24) is 4.57 Å². The molecule has 2 heteroatoms. The number of hydrogen-bond acceptors (Lipinski definition) is 1. The van der Waals surface area contributed by atoms with Crippen LogP contribution in [0.25, 0.3) is 71.6 Å². The summed E-state index contributed by atoms with van der Waals surface area (Å²) in [6.45, 7) is 4.62. The molecule has 64 heavy (non-hydrogen) atoms. The molecular weight excluding hydrogens is 773 g/mol. The molecule has 0 radical (unpaired) electrons. The first-order valence-electron chi connectivity index (χ1n) is 25.0. The number of aromatic nitrogens is 1. The van der Waals surface area contributed by atoms with Crippen LogP contribution in [0.5, 0.6) is 0 Å². The van der Waals surface area contributed by atoms with Crippen molar-refractivity contribution in [3.05, 3.63) is 252 Å². The predicted molar refractivity (Wildman–Crippen MR) is 267 cm³/mol. The minimum Gasteiger partial charge on any atom is -0.310 e. The van der Waals surface area contributed by atoms with Gasteiger partial charge in [-0.05, 0) is 121 Å². The number of hydrogen-bond donors (Lipinski definition) is 0. The highest BCUT2D eigenvalue weighted by molar-refractivity contribution is 6.12. The first-order chi connectivity index (χ1) is 34.0. The van der Waals surface area contributed by atoms with Gasteiger partial charge in [-0.25, -0.2) is 0 Å². The lowest BCUT2D eigenvalue weighted by Gasteiger charge is -2.40. The Kier molecular flexibility index (Phi) is 6.04. The van der Waals surface area contributed by atoms with Crippen molar-refractivity contribution in [1.29, 1.82) is 0 Å². The molecular formula is C62H42N2. The van der Waals surface area contributed by atoms with E-state index in [0.29, 0.717) is 16.5 Å². The van der Waals surface area contributed by atoms with Crippen LogP contribution in [0.1, 0.15) is 55.5 Å².